The summed E-state index contributed by atoms with van der Waals surface area (Å²) in [5, 5.41) is 67.5. The number of fused-ring (bicyclic) bond motifs is 3. The molecule has 2 aromatic rings. The van der Waals surface area contributed by atoms with Crippen molar-refractivity contribution >= 4 is 17.3 Å². The quantitative estimate of drug-likeness (QED) is 0.191. The number of ether oxygens (including phenoxy) is 6. The molecule has 2 aromatic carbocycles. The summed E-state index contributed by atoms with van der Waals surface area (Å²) in [6.07, 6.45) is -7.76. The number of phenolic OH excluding ortho intramolecular Hbond substituents is 3. The van der Waals surface area contributed by atoms with E-state index in [2.05, 4.69) is 0 Å². The molecule has 0 aromatic heterocycles. The number of aliphatic hydroxyl groups excluding tert-OH is 2. The summed E-state index contributed by atoms with van der Waals surface area (Å²) in [7, 11) is 0. The molecule has 7 rings (SSSR count). The summed E-state index contributed by atoms with van der Waals surface area (Å²) in [4.78, 5) is 39.1. The maximum Gasteiger partial charge on any atom is 0.202 e. The minimum Gasteiger partial charge on any atom is -0.507 e. The van der Waals surface area contributed by atoms with E-state index in [-0.39, 0.29) is 53.7 Å². The van der Waals surface area contributed by atoms with Crippen LogP contribution in [0, 0.1) is 0 Å². The lowest BCUT2D eigenvalue weighted by atomic mass is 9.70. The zero-order valence-corrected chi connectivity index (χ0v) is 29.9. The first-order valence-electron chi connectivity index (χ1n) is 18.2. The van der Waals surface area contributed by atoms with Crippen molar-refractivity contribution in [3.63, 3.8) is 0 Å². The van der Waals surface area contributed by atoms with E-state index in [0.717, 1.165) is 0 Å². The van der Waals surface area contributed by atoms with Crippen molar-refractivity contribution in [3.8, 4) is 17.2 Å². The first-order valence-corrected chi connectivity index (χ1v) is 18.2. The molecule has 3 saturated heterocycles. The van der Waals surface area contributed by atoms with Gasteiger partial charge in [-0.25, -0.2) is 0 Å². The number of aromatic hydroxyl groups is 3. The highest BCUT2D eigenvalue weighted by atomic mass is 16.7. The third-order valence-electron chi connectivity index (χ3n) is 11.4. The van der Waals surface area contributed by atoms with Gasteiger partial charge in [-0.2, -0.15) is 0 Å². The second-order valence-corrected chi connectivity index (χ2v) is 14.7. The molecule has 2 aliphatic carbocycles. The number of carbonyl (C=O) groups is 3. The number of benzene rings is 2. The molecule has 12 atom stereocenters. The number of Topliss-reactive ketones (excluding diaryl/α,β-unsaturated/α-hetero) is 1. The zero-order valence-electron chi connectivity index (χ0n) is 29.9. The number of rotatable bonds is 7. The Balaban J connectivity index is 1.06. The number of hydrogen-bond acceptors (Lipinski definition) is 15. The third kappa shape index (κ3) is 6.55. The Morgan fingerprint density at radius 3 is 2.15 bits per heavy atom. The van der Waals surface area contributed by atoms with Gasteiger partial charge in [0.25, 0.3) is 0 Å². The highest BCUT2D eigenvalue weighted by molar-refractivity contribution is 6.31. The lowest BCUT2D eigenvalue weighted by Gasteiger charge is -2.45. The molecule has 5 aliphatic rings. The topological polar surface area (TPSA) is 228 Å². The van der Waals surface area contributed by atoms with Crippen LogP contribution in [-0.2, 0) is 33.2 Å². The van der Waals surface area contributed by atoms with E-state index in [1.54, 1.807) is 27.7 Å². The van der Waals surface area contributed by atoms with Gasteiger partial charge in [0.1, 0.15) is 35.6 Å². The lowest BCUT2D eigenvalue weighted by Crippen LogP contribution is -2.53. The standard InChI is InChI=1S/C38H46O15/c1-5-38(47)14-23(28-31(37(38)46)35(45)29-30(34(28)44)33(43)27-18(32(29)42)7-6-8-20(27)40)52-24-12-10-22(16(3)49-24)51-26-13-21(41)36(17(4)50-26)53-25-11-9-19(39)15(2)48-25/h6-8,15-17,21-26,36-37,40-41,44-47H,5,9-14H2,1-4H3/t15-,16-,17-,21-,22-,23-,24-,25-,26-,36+,37+,38+/m0/s1. The summed E-state index contributed by atoms with van der Waals surface area (Å²) < 4.78 is 36.5. The van der Waals surface area contributed by atoms with Gasteiger partial charge in [-0.3, -0.25) is 14.4 Å². The summed E-state index contributed by atoms with van der Waals surface area (Å²) in [6.45, 7) is 6.83. The van der Waals surface area contributed by atoms with Crippen LogP contribution in [0.1, 0.15) is 128 Å². The number of phenols is 3. The molecule has 0 radical (unpaired) electrons. The van der Waals surface area contributed by atoms with Gasteiger partial charge in [0.2, 0.25) is 5.78 Å². The summed E-state index contributed by atoms with van der Waals surface area (Å²) in [6, 6.07) is 3.91. The molecular weight excluding hydrogens is 696 g/mol. The second-order valence-electron chi connectivity index (χ2n) is 14.7. The van der Waals surface area contributed by atoms with Gasteiger partial charge in [0.05, 0.1) is 52.8 Å². The smallest absolute Gasteiger partial charge is 0.202 e. The maximum absolute atomic E-state index is 13.7. The van der Waals surface area contributed by atoms with Crippen molar-refractivity contribution in [1.82, 2.24) is 0 Å². The molecule has 0 spiro atoms. The molecule has 288 valence electrons. The molecule has 0 bridgehead atoms. The van der Waals surface area contributed by atoms with Crippen LogP contribution in [0.25, 0.3) is 0 Å². The van der Waals surface area contributed by atoms with E-state index >= 15 is 0 Å². The molecule has 15 heteroatoms. The number of carbonyl (C=O) groups excluding carboxylic acids is 3. The molecule has 3 fully saturated rings. The minimum atomic E-state index is -1.85. The van der Waals surface area contributed by atoms with Gasteiger partial charge >= 0.3 is 0 Å². The van der Waals surface area contributed by atoms with E-state index < -0.39 is 113 Å². The van der Waals surface area contributed by atoms with Crippen molar-refractivity contribution < 1.29 is 73.4 Å². The number of ketones is 3. The van der Waals surface area contributed by atoms with Crippen LogP contribution < -0.4 is 0 Å². The van der Waals surface area contributed by atoms with Crippen molar-refractivity contribution in [3.05, 3.63) is 51.6 Å². The Bertz CT molecular complexity index is 1780. The molecular formula is C38H46O15. The molecule has 3 heterocycles. The SMILES string of the molecule is CC[C@@]1(O)C[C@H](O[C@H]2CC[C@H](O[C@H]3C[C@H](O)[C@H](O[C@H]4CCC(=O)[C@H](C)O4)[C@H](C)O3)[C@H](C)O2)c2c(O)c3c(c(O)c2[C@H]1O)C(=O)c1cccc(O)c1C3=O. The Morgan fingerprint density at radius 1 is 0.792 bits per heavy atom. The van der Waals surface area contributed by atoms with Crippen LogP contribution in [-0.4, -0.2) is 109 Å². The van der Waals surface area contributed by atoms with Crippen molar-refractivity contribution in [1.29, 1.82) is 0 Å². The summed E-state index contributed by atoms with van der Waals surface area (Å²) in [5.74, 6) is -3.70. The van der Waals surface area contributed by atoms with Crippen LogP contribution in [0.5, 0.6) is 17.2 Å². The normalized spacial score (nSPS) is 37.2. The molecule has 0 unspecified atom stereocenters. The molecule has 0 amide bonds. The average Bonchev–Trinajstić information content (AvgIpc) is 3.11. The summed E-state index contributed by atoms with van der Waals surface area (Å²) >= 11 is 0. The highest BCUT2D eigenvalue weighted by Gasteiger charge is 2.51. The fourth-order valence-electron chi connectivity index (χ4n) is 8.29. The highest BCUT2D eigenvalue weighted by Crippen LogP contribution is 2.56. The van der Waals surface area contributed by atoms with Gasteiger partial charge in [0, 0.05) is 48.8 Å². The third-order valence-corrected chi connectivity index (χ3v) is 11.4. The van der Waals surface area contributed by atoms with Crippen LogP contribution in [0.2, 0.25) is 0 Å². The monoisotopic (exact) mass is 742 g/mol. The largest absolute Gasteiger partial charge is 0.507 e. The van der Waals surface area contributed by atoms with Crippen LogP contribution in [0.3, 0.4) is 0 Å². The van der Waals surface area contributed by atoms with E-state index in [9.17, 15) is 45.0 Å². The fourth-order valence-corrected chi connectivity index (χ4v) is 8.29. The first kappa shape index (κ1) is 37.8. The predicted octanol–water partition coefficient (Wildman–Crippen LogP) is 3.10. The predicted molar refractivity (Wildman–Crippen MR) is 180 cm³/mol. The minimum absolute atomic E-state index is 0.00614. The van der Waals surface area contributed by atoms with Crippen molar-refractivity contribution in [2.75, 3.05) is 0 Å². The van der Waals surface area contributed by atoms with E-state index in [1.165, 1.54) is 18.2 Å². The van der Waals surface area contributed by atoms with Crippen LogP contribution in [0.4, 0.5) is 0 Å². The van der Waals surface area contributed by atoms with Crippen LogP contribution in [0.15, 0.2) is 18.2 Å². The van der Waals surface area contributed by atoms with Crippen molar-refractivity contribution in [2.45, 2.75) is 146 Å². The second kappa shape index (κ2) is 14.3. The van der Waals surface area contributed by atoms with E-state index in [4.69, 9.17) is 28.4 Å². The van der Waals surface area contributed by atoms with Crippen molar-refractivity contribution in [2.24, 2.45) is 0 Å². The van der Waals surface area contributed by atoms with Crippen LogP contribution >= 0.6 is 0 Å². The Kier molecular flexibility index (Phi) is 10.2. The maximum atomic E-state index is 13.7. The molecule has 3 aliphatic heterocycles. The van der Waals surface area contributed by atoms with E-state index in [0.29, 0.717) is 19.3 Å². The Labute approximate surface area is 305 Å². The van der Waals surface area contributed by atoms with Gasteiger partial charge in [0.15, 0.2) is 30.4 Å². The Morgan fingerprint density at radius 2 is 1.47 bits per heavy atom. The van der Waals surface area contributed by atoms with Gasteiger partial charge in [-0.05, 0) is 39.7 Å². The van der Waals surface area contributed by atoms with E-state index in [1.807, 2.05) is 0 Å². The van der Waals surface area contributed by atoms with Gasteiger partial charge in [-0.15, -0.1) is 0 Å². The fraction of sp³-hybridized carbons (Fsp3) is 0.605. The van der Waals surface area contributed by atoms with Gasteiger partial charge < -0.3 is 59.1 Å². The van der Waals surface area contributed by atoms with Gasteiger partial charge in [-0.1, -0.05) is 19.1 Å². The molecule has 15 nitrogen and oxygen atoms in total. The Hall–Kier alpha value is -3.51. The first-order chi connectivity index (χ1) is 25.1. The summed E-state index contributed by atoms with van der Waals surface area (Å²) in [5.41, 5.74) is -3.94. The molecule has 6 N–H and O–H groups in total. The average molecular weight is 743 g/mol. The lowest BCUT2D eigenvalue weighted by molar-refractivity contribution is -0.317. The zero-order chi connectivity index (χ0) is 38.1. The number of hydrogen-bond donors (Lipinski definition) is 6. The number of aliphatic hydroxyl groups is 3. The molecule has 53 heavy (non-hydrogen) atoms. The molecule has 0 saturated carbocycles.